The van der Waals surface area contributed by atoms with Crippen molar-refractivity contribution in [2.24, 2.45) is 11.7 Å². The number of amides is 1. The van der Waals surface area contributed by atoms with Crippen molar-refractivity contribution in [3.05, 3.63) is 65.7 Å². The highest BCUT2D eigenvalue weighted by Crippen LogP contribution is 2.50. The standard InChI is InChI=1S/C19H21NO2/c20-19(21)11-8-16-12-18(16)15-6-9-17(10-7-15)22-13-14-4-2-1-3-5-14/h1-7,9-10,16,18H,8,11-13H2,(H2,20,21). The van der Waals surface area contributed by atoms with Crippen molar-refractivity contribution in [2.75, 3.05) is 0 Å². The molecule has 0 aromatic heterocycles. The van der Waals surface area contributed by atoms with Crippen LogP contribution in [0.1, 0.15) is 36.3 Å². The molecule has 3 heteroatoms. The third kappa shape index (κ3) is 3.88. The number of benzene rings is 2. The summed E-state index contributed by atoms with van der Waals surface area (Å²) in [7, 11) is 0. The van der Waals surface area contributed by atoms with Gasteiger partial charge in [0, 0.05) is 6.42 Å². The molecule has 22 heavy (non-hydrogen) atoms. The molecule has 0 bridgehead atoms. The highest BCUT2D eigenvalue weighted by molar-refractivity contribution is 5.73. The molecule has 3 rings (SSSR count). The molecule has 0 saturated heterocycles. The first-order valence-electron chi connectivity index (χ1n) is 7.77. The van der Waals surface area contributed by atoms with Gasteiger partial charge in [-0.15, -0.1) is 0 Å². The number of carbonyl (C=O) groups is 1. The molecule has 0 heterocycles. The summed E-state index contributed by atoms with van der Waals surface area (Å²) in [6.45, 7) is 0.588. The summed E-state index contributed by atoms with van der Waals surface area (Å²) in [5.41, 5.74) is 7.70. The fraction of sp³-hybridized carbons (Fsp3) is 0.316. The fourth-order valence-electron chi connectivity index (χ4n) is 2.85. The quantitative estimate of drug-likeness (QED) is 0.848. The highest BCUT2D eigenvalue weighted by Gasteiger charge is 2.37. The zero-order valence-corrected chi connectivity index (χ0v) is 12.6. The number of nitrogens with two attached hydrogens (primary N) is 1. The molecule has 2 N–H and O–H groups in total. The van der Waals surface area contributed by atoms with Crippen LogP contribution in [0, 0.1) is 5.92 Å². The van der Waals surface area contributed by atoms with Crippen molar-refractivity contribution in [1.29, 1.82) is 0 Å². The Morgan fingerprint density at radius 3 is 2.50 bits per heavy atom. The molecule has 0 radical (unpaired) electrons. The zero-order chi connectivity index (χ0) is 15.4. The van der Waals surface area contributed by atoms with Gasteiger partial charge in [0.15, 0.2) is 0 Å². The van der Waals surface area contributed by atoms with E-state index in [1.807, 2.05) is 30.3 Å². The summed E-state index contributed by atoms with van der Waals surface area (Å²) < 4.78 is 5.79. The Kier molecular flexibility index (Phi) is 4.42. The average molecular weight is 295 g/mol. The van der Waals surface area contributed by atoms with Gasteiger partial charge in [-0.25, -0.2) is 0 Å². The Bertz CT molecular complexity index is 622. The molecule has 1 fully saturated rings. The first kappa shape index (κ1) is 14.6. The van der Waals surface area contributed by atoms with E-state index in [2.05, 4.69) is 24.3 Å². The lowest BCUT2D eigenvalue weighted by molar-refractivity contribution is -0.118. The van der Waals surface area contributed by atoms with E-state index in [-0.39, 0.29) is 5.91 Å². The van der Waals surface area contributed by atoms with Crippen LogP contribution >= 0.6 is 0 Å². The lowest BCUT2D eigenvalue weighted by atomic mass is 10.1. The van der Waals surface area contributed by atoms with Crippen molar-refractivity contribution in [2.45, 2.75) is 31.8 Å². The molecule has 1 aliphatic carbocycles. The molecule has 0 aliphatic heterocycles. The second-order valence-corrected chi connectivity index (χ2v) is 5.95. The molecule has 0 spiro atoms. The Morgan fingerprint density at radius 2 is 1.82 bits per heavy atom. The largest absolute Gasteiger partial charge is 0.489 e. The Morgan fingerprint density at radius 1 is 1.09 bits per heavy atom. The molecule has 3 nitrogen and oxygen atoms in total. The van der Waals surface area contributed by atoms with Crippen LogP contribution in [-0.2, 0) is 11.4 Å². The first-order chi connectivity index (χ1) is 10.7. The van der Waals surface area contributed by atoms with Crippen molar-refractivity contribution in [3.63, 3.8) is 0 Å². The second kappa shape index (κ2) is 6.65. The predicted octanol–water partition coefficient (Wildman–Crippen LogP) is 3.63. The maximum atomic E-state index is 10.8. The molecule has 1 aliphatic rings. The van der Waals surface area contributed by atoms with Gasteiger partial charge in [-0.1, -0.05) is 42.5 Å². The van der Waals surface area contributed by atoms with Gasteiger partial charge in [-0.2, -0.15) is 0 Å². The number of rotatable bonds is 7. The average Bonchev–Trinajstić information content (AvgIpc) is 3.32. The molecule has 2 aromatic carbocycles. The van der Waals surface area contributed by atoms with Crippen molar-refractivity contribution >= 4 is 5.91 Å². The maximum Gasteiger partial charge on any atom is 0.217 e. The van der Waals surface area contributed by atoms with Crippen LogP contribution in [0.25, 0.3) is 0 Å². The van der Waals surface area contributed by atoms with Crippen LogP contribution in [0.4, 0.5) is 0 Å². The lowest BCUT2D eigenvalue weighted by Crippen LogP contribution is -2.10. The Balaban J connectivity index is 1.50. The molecule has 1 amide bonds. The fourth-order valence-corrected chi connectivity index (χ4v) is 2.85. The van der Waals surface area contributed by atoms with Crippen LogP contribution in [0.2, 0.25) is 0 Å². The minimum atomic E-state index is -0.199. The zero-order valence-electron chi connectivity index (χ0n) is 12.6. The third-order valence-electron chi connectivity index (χ3n) is 4.24. The summed E-state index contributed by atoms with van der Waals surface area (Å²) in [6.07, 6.45) is 2.57. The number of primary amides is 1. The Hall–Kier alpha value is -2.29. The smallest absolute Gasteiger partial charge is 0.217 e. The minimum Gasteiger partial charge on any atom is -0.489 e. The maximum absolute atomic E-state index is 10.8. The molecular formula is C19H21NO2. The van der Waals surface area contributed by atoms with E-state index in [1.165, 1.54) is 11.1 Å². The predicted molar refractivity (Wildman–Crippen MR) is 86.5 cm³/mol. The van der Waals surface area contributed by atoms with Crippen molar-refractivity contribution < 1.29 is 9.53 Å². The van der Waals surface area contributed by atoms with E-state index in [0.717, 1.165) is 18.6 Å². The van der Waals surface area contributed by atoms with E-state index in [1.54, 1.807) is 0 Å². The van der Waals surface area contributed by atoms with E-state index >= 15 is 0 Å². The van der Waals surface area contributed by atoms with Gasteiger partial charge in [0.1, 0.15) is 12.4 Å². The van der Waals surface area contributed by atoms with E-state index < -0.39 is 0 Å². The molecule has 2 atom stereocenters. The van der Waals surface area contributed by atoms with Crippen LogP contribution in [0.15, 0.2) is 54.6 Å². The van der Waals surface area contributed by atoms with Gasteiger partial charge in [-0.3, -0.25) is 4.79 Å². The number of hydrogen-bond donors (Lipinski definition) is 1. The first-order valence-corrected chi connectivity index (χ1v) is 7.77. The van der Waals surface area contributed by atoms with Gasteiger partial charge < -0.3 is 10.5 Å². The van der Waals surface area contributed by atoms with Crippen LogP contribution < -0.4 is 10.5 Å². The van der Waals surface area contributed by atoms with E-state index in [9.17, 15) is 4.79 Å². The molecule has 2 aromatic rings. The SMILES string of the molecule is NC(=O)CCC1CC1c1ccc(OCc2ccccc2)cc1. The number of ether oxygens (including phenoxy) is 1. The van der Waals surface area contributed by atoms with Gasteiger partial charge in [0.25, 0.3) is 0 Å². The normalized spacial score (nSPS) is 19.6. The lowest BCUT2D eigenvalue weighted by Gasteiger charge is -2.07. The molecule has 1 saturated carbocycles. The topological polar surface area (TPSA) is 52.3 Å². The monoisotopic (exact) mass is 295 g/mol. The van der Waals surface area contributed by atoms with Gasteiger partial charge in [0.05, 0.1) is 0 Å². The van der Waals surface area contributed by atoms with Gasteiger partial charge >= 0.3 is 0 Å². The second-order valence-electron chi connectivity index (χ2n) is 5.95. The highest BCUT2D eigenvalue weighted by atomic mass is 16.5. The van der Waals surface area contributed by atoms with Crippen LogP contribution in [-0.4, -0.2) is 5.91 Å². The van der Waals surface area contributed by atoms with Crippen molar-refractivity contribution in [1.82, 2.24) is 0 Å². The number of carbonyl (C=O) groups excluding carboxylic acids is 1. The van der Waals surface area contributed by atoms with Crippen LogP contribution in [0.3, 0.4) is 0 Å². The summed E-state index contributed by atoms with van der Waals surface area (Å²) in [4.78, 5) is 10.8. The van der Waals surface area contributed by atoms with E-state index in [0.29, 0.717) is 24.9 Å². The number of hydrogen-bond acceptors (Lipinski definition) is 2. The Labute approximate surface area is 131 Å². The minimum absolute atomic E-state index is 0.199. The van der Waals surface area contributed by atoms with Crippen molar-refractivity contribution in [3.8, 4) is 5.75 Å². The summed E-state index contributed by atoms with van der Waals surface area (Å²) >= 11 is 0. The van der Waals surface area contributed by atoms with Gasteiger partial charge in [0.2, 0.25) is 5.91 Å². The summed E-state index contributed by atoms with van der Waals surface area (Å²) in [5, 5.41) is 0. The molecular weight excluding hydrogens is 274 g/mol. The molecule has 114 valence electrons. The molecule has 2 unspecified atom stereocenters. The van der Waals surface area contributed by atoms with Gasteiger partial charge in [-0.05, 0) is 47.9 Å². The summed E-state index contributed by atoms with van der Waals surface area (Å²) in [5.74, 6) is 1.89. The van der Waals surface area contributed by atoms with E-state index in [4.69, 9.17) is 10.5 Å². The van der Waals surface area contributed by atoms with Crippen LogP contribution in [0.5, 0.6) is 5.75 Å². The third-order valence-corrected chi connectivity index (χ3v) is 4.24. The summed E-state index contributed by atoms with van der Waals surface area (Å²) in [6, 6.07) is 18.5.